The monoisotopic (exact) mass is 484 g/mol. The molecule has 0 N–H and O–H groups in total. The van der Waals surface area contributed by atoms with Gasteiger partial charge in [0, 0.05) is 12.8 Å². The minimum atomic E-state index is 0.0364. The van der Waals surface area contributed by atoms with E-state index >= 15 is 0 Å². The summed E-state index contributed by atoms with van der Waals surface area (Å²) in [6.45, 7) is 14.8. The van der Waals surface area contributed by atoms with Gasteiger partial charge in [-0.25, -0.2) is 0 Å². The number of unbranched alkanes of at least 4 members (excludes halogenated alkanes) is 2. The summed E-state index contributed by atoms with van der Waals surface area (Å²) in [4.78, 5) is 12.4. The minimum Gasteiger partial charge on any atom is -0.462 e. The Morgan fingerprint density at radius 1 is 1.00 bits per heavy atom. The molecule has 200 valence electrons. The first-order valence-electron chi connectivity index (χ1n) is 15.6. The zero-order valence-electron chi connectivity index (χ0n) is 24.0. The van der Waals surface area contributed by atoms with Crippen LogP contribution < -0.4 is 0 Å². The highest BCUT2D eigenvalue weighted by molar-refractivity contribution is 5.69. The summed E-state index contributed by atoms with van der Waals surface area (Å²) in [6, 6.07) is 0. The van der Waals surface area contributed by atoms with Crippen molar-refractivity contribution in [1.29, 1.82) is 0 Å². The summed E-state index contributed by atoms with van der Waals surface area (Å²) in [6.07, 6.45) is 21.2. The molecule has 0 aromatic heterocycles. The van der Waals surface area contributed by atoms with Gasteiger partial charge in [0.15, 0.2) is 0 Å². The maximum atomic E-state index is 12.4. The molecule has 2 heteroatoms. The zero-order chi connectivity index (χ0) is 25.2. The van der Waals surface area contributed by atoms with Crippen LogP contribution in [0.4, 0.5) is 0 Å². The normalized spacial score (nSPS) is 39.4. The maximum Gasteiger partial charge on any atom is 0.306 e. The van der Waals surface area contributed by atoms with Crippen LogP contribution in [0.3, 0.4) is 0 Å². The van der Waals surface area contributed by atoms with Crippen molar-refractivity contribution >= 4 is 5.97 Å². The van der Waals surface area contributed by atoms with Crippen molar-refractivity contribution in [2.45, 2.75) is 144 Å². The van der Waals surface area contributed by atoms with E-state index in [1.807, 2.05) is 0 Å². The number of hydrogen-bond acceptors (Lipinski definition) is 2. The maximum absolute atomic E-state index is 12.4. The van der Waals surface area contributed by atoms with Gasteiger partial charge in [-0.05, 0) is 97.7 Å². The van der Waals surface area contributed by atoms with Crippen LogP contribution in [0.2, 0.25) is 0 Å². The quantitative estimate of drug-likeness (QED) is 0.175. The van der Waals surface area contributed by atoms with Gasteiger partial charge in [0.1, 0.15) is 6.10 Å². The number of carbonyl (C=O) groups is 1. The molecule has 3 saturated carbocycles. The molecular weight excluding hydrogens is 428 g/mol. The van der Waals surface area contributed by atoms with Gasteiger partial charge in [0.25, 0.3) is 0 Å². The molecule has 2 nitrogen and oxygen atoms in total. The molecule has 4 rings (SSSR count). The van der Waals surface area contributed by atoms with Crippen LogP contribution in [0.1, 0.15) is 138 Å². The van der Waals surface area contributed by atoms with Crippen LogP contribution in [-0.4, -0.2) is 12.1 Å². The Kier molecular flexibility index (Phi) is 8.80. The predicted octanol–water partition coefficient (Wildman–Crippen LogP) is 9.52. The third-order valence-corrected chi connectivity index (χ3v) is 11.5. The van der Waals surface area contributed by atoms with Crippen molar-refractivity contribution in [2.24, 2.45) is 46.3 Å². The molecule has 0 radical (unpaired) electrons. The van der Waals surface area contributed by atoms with Crippen LogP contribution in [-0.2, 0) is 9.53 Å². The van der Waals surface area contributed by atoms with Crippen LogP contribution in [0.5, 0.6) is 0 Å². The second-order valence-electron chi connectivity index (χ2n) is 14.1. The van der Waals surface area contributed by atoms with Crippen molar-refractivity contribution < 1.29 is 9.53 Å². The van der Waals surface area contributed by atoms with E-state index in [4.69, 9.17) is 4.74 Å². The Morgan fingerprint density at radius 3 is 2.54 bits per heavy atom. The first kappa shape index (κ1) is 27.3. The van der Waals surface area contributed by atoms with Crippen molar-refractivity contribution in [3.05, 3.63) is 11.6 Å². The van der Waals surface area contributed by atoms with Crippen LogP contribution >= 0.6 is 0 Å². The number of fused-ring (bicyclic) bond motifs is 5. The molecule has 4 aliphatic rings. The van der Waals surface area contributed by atoms with E-state index in [9.17, 15) is 4.79 Å². The molecule has 0 heterocycles. The van der Waals surface area contributed by atoms with Gasteiger partial charge in [0.05, 0.1) is 0 Å². The molecule has 0 bridgehead atoms. The van der Waals surface area contributed by atoms with Crippen molar-refractivity contribution in [3.8, 4) is 0 Å². The Hall–Kier alpha value is -0.790. The van der Waals surface area contributed by atoms with Gasteiger partial charge in [-0.3, -0.25) is 4.79 Å². The zero-order valence-corrected chi connectivity index (χ0v) is 24.0. The molecular formula is C33H56O2. The van der Waals surface area contributed by atoms with Gasteiger partial charge in [-0.1, -0.05) is 85.3 Å². The molecule has 4 aliphatic carbocycles. The second-order valence-corrected chi connectivity index (χ2v) is 14.1. The van der Waals surface area contributed by atoms with Crippen LogP contribution in [0.15, 0.2) is 11.6 Å². The number of allylic oxidation sites excluding steroid dienone is 1. The van der Waals surface area contributed by atoms with Crippen molar-refractivity contribution in [3.63, 3.8) is 0 Å². The molecule has 35 heavy (non-hydrogen) atoms. The van der Waals surface area contributed by atoms with E-state index in [-0.39, 0.29) is 12.1 Å². The number of rotatable bonds is 10. The lowest BCUT2D eigenvalue weighted by atomic mass is 9.47. The minimum absolute atomic E-state index is 0.0364. The van der Waals surface area contributed by atoms with Crippen molar-refractivity contribution in [1.82, 2.24) is 0 Å². The van der Waals surface area contributed by atoms with E-state index in [1.54, 1.807) is 5.57 Å². The standard InChI is InChI=1S/C33H56O2/c1-7-8-9-13-31(34)35-26-18-20-32(5)25(22-26)14-15-27-29-17-16-28(24(4)12-10-11-23(2)3)33(29,6)21-19-30(27)32/h14,23-24,26-30H,7-13,15-22H2,1-6H3/t24-,26-,27+,28?,29+,30+,32-,33+/m1/s1. The van der Waals surface area contributed by atoms with Gasteiger partial charge < -0.3 is 4.74 Å². The van der Waals surface area contributed by atoms with E-state index in [1.165, 1.54) is 57.8 Å². The van der Waals surface area contributed by atoms with E-state index in [0.717, 1.165) is 67.6 Å². The molecule has 0 saturated heterocycles. The molecule has 3 fully saturated rings. The summed E-state index contributed by atoms with van der Waals surface area (Å²) >= 11 is 0. The van der Waals surface area contributed by atoms with Gasteiger partial charge in [0.2, 0.25) is 0 Å². The topological polar surface area (TPSA) is 26.3 Å². The van der Waals surface area contributed by atoms with E-state index in [2.05, 4.69) is 47.6 Å². The third kappa shape index (κ3) is 5.57. The highest BCUT2D eigenvalue weighted by atomic mass is 16.5. The number of ether oxygens (including phenoxy) is 1. The molecule has 0 amide bonds. The molecule has 8 atom stereocenters. The summed E-state index contributed by atoms with van der Waals surface area (Å²) in [7, 11) is 0. The molecule has 0 aromatic carbocycles. The van der Waals surface area contributed by atoms with E-state index in [0.29, 0.717) is 17.3 Å². The largest absolute Gasteiger partial charge is 0.462 e. The average Bonchev–Trinajstić information content (AvgIpc) is 3.16. The second kappa shape index (κ2) is 11.3. The summed E-state index contributed by atoms with van der Waals surface area (Å²) in [5.41, 5.74) is 2.54. The van der Waals surface area contributed by atoms with E-state index < -0.39 is 0 Å². The summed E-state index contributed by atoms with van der Waals surface area (Å²) in [5, 5.41) is 0. The fourth-order valence-electron chi connectivity index (χ4n) is 9.52. The molecule has 1 unspecified atom stereocenters. The Labute approximate surface area is 217 Å². The lowest BCUT2D eigenvalue weighted by molar-refractivity contribution is -0.151. The van der Waals surface area contributed by atoms with Crippen molar-refractivity contribution in [2.75, 3.05) is 0 Å². The highest BCUT2D eigenvalue weighted by Gasteiger charge is 2.59. The summed E-state index contributed by atoms with van der Waals surface area (Å²) in [5.74, 6) is 5.33. The molecule has 0 aromatic rings. The molecule has 0 spiro atoms. The van der Waals surface area contributed by atoms with Crippen LogP contribution in [0.25, 0.3) is 0 Å². The Balaban J connectivity index is 1.39. The predicted molar refractivity (Wildman–Crippen MR) is 147 cm³/mol. The first-order chi connectivity index (χ1) is 16.7. The fraction of sp³-hybridized carbons (Fsp3) is 0.909. The lowest BCUT2D eigenvalue weighted by Crippen LogP contribution is -2.51. The first-order valence-corrected chi connectivity index (χ1v) is 15.6. The van der Waals surface area contributed by atoms with Gasteiger partial charge in [-0.15, -0.1) is 0 Å². The number of esters is 1. The lowest BCUT2D eigenvalue weighted by Gasteiger charge is -2.58. The average molecular weight is 485 g/mol. The smallest absolute Gasteiger partial charge is 0.306 e. The number of hydrogen-bond donors (Lipinski definition) is 0. The third-order valence-electron chi connectivity index (χ3n) is 11.5. The van der Waals surface area contributed by atoms with Crippen LogP contribution in [0, 0.1) is 46.3 Å². The highest BCUT2D eigenvalue weighted by Crippen LogP contribution is 2.67. The number of carbonyl (C=O) groups excluding carboxylic acids is 1. The fourth-order valence-corrected chi connectivity index (χ4v) is 9.52. The summed E-state index contributed by atoms with van der Waals surface area (Å²) < 4.78 is 5.96. The Bertz CT molecular complexity index is 752. The van der Waals surface area contributed by atoms with Gasteiger partial charge >= 0.3 is 5.97 Å². The molecule has 0 aliphatic heterocycles. The van der Waals surface area contributed by atoms with Gasteiger partial charge in [-0.2, -0.15) is 0 Å². The Morgan fingerprint density at radius 2 is 1.80 bits per heavy atom. The SMILES string of the molecule is CCCCCC(=O)O[C@@H]1CC[C@]2(C)C(=CC[C@H]3[C@@H]4CCC([C@H](C)CCCC(C)C)[C@]4(C)CC[C@@H]32)C1.